The van der Waals surface area contributed by atoms with Crippen LogP contribution in [-0.2, 0) is 0 Å². The third-order valence-electron chi connectivity index (χ3n) is 7.13. The molecule has 0 spiro atoms. The van der Waals surface area contributed by atoms with Crippen molar-refractivity contribution in [2.75, 3.05) is 43.5 Å². The number of benzene rings is 2. The van der Waals surface area contributed by atoms with E-state index in [2.05, 4.69) is 37.1 Å². The highest BCUT2D eigenvalue weighted by atomic mass is 32.1. The maximum absolute atomic E-state index is 13.7. The number of rotatable bonds is 5. The highest BCUT2D eigenvalue weighted by Crippen LogP contribution is 2.27. The van der Waals surface area contributed by atoms with Gasteiger partial charge in [0.1, 0.15) is 5.39 Å². The molecule has 7 rings (SSSR count). The number of anilines is 3. The van der Waals surface area contributed by atoms with Gasteiger partial charge in [-0.3, -0.25) is 4.79 Å². The Labute approximate surface area is 226 Å². The molecule has 1 aliphatic rings. The molecule has 1 aliphatic heterocycles. The average molecular weight is 540 g/mol. The summed E-state index contributed by atoms with van der Waals surface area (Å²) in [4.78, 5) is 36.3. The molecule has 0 radical (unpaired) electrons. The maximum Gasteiger partial charge on any atom is 0.284 e. The van der Waals surface area contributed by atoms with Crippen molar-refractivity contribution in [2.45, 2.75) is 6.04 Å². The highest BCUT2D eigenvalue weighted by molar-refractivity contribution is 7.12. The molecule has 6 aromatic rings. The summed E-state index contributed by atoms with van der Waals surface area (Å²) in [6.45, 7) is 2.74. The summed E-state index contributed by atoms with van der Waals surface area (Å²) in [5.41, 5.74) is 3.27. The van der Waals surface area contributed by atoms with Crippen LogP contribution < -0.4 is 15.8 Å². The van der Waals surface area contributed by atoms with Crippen LogP contribution in [0.25, 0.3) is 32.7 Å². The van der Waals surface area contributed by atoms with Gasteiger partial charge in [0.25, 0.3) is 5.56 Å². The van der Waals surface area contributed by atoms with Crippen LogP contribution in [0.1, 0.15) is 0 Å². The molecule has 1 atom stereocenters. The van der Waals surface area contributed by atoms with Crippen molar-refractivity contribution in [1.82, 2.24) is 34.0 Å². The van der Waals surface area contributed by atoms with E-state index in [4.69, 9.17) is 4.98 Å². The standard InChI is InChI=1S/C27H25N9O2S/c1-33-11-12-34(19(15-33)16-37)18-8-6-17(7-9-18)30-26-29-14-21-23(32-26)31-24-20-4-2-3-5-22(20)35(36(24)25(21)38)27-28-10-13-39-27/h2-10,13-14,19,37H,11-12,15-16H2,1H3,(H,29,30,32)/t19-/m1/s1. The lowest BCUT2D eigenvalue weighted by Crippen LogP contribution is -2.53. The Kier molecular flexibility index (Phi) is 5.72. The summed E-state index contributed by atoms with van der Waals surface area (Å²) in [6, 6.07) is 15.8. The number of piperazine rings is 1. The van der Waals surface area contributed by atoms with E-state index in [-0.39, 0.29) is 18.2 Å². The predicted octanol–water partition coefficient (Wildman–Crippen LogP) is 2.89. The van der Waals surface area contributed by atoms with E-state index in [1.165, 1.54) is 17.5 Å². The molecule has 0 saturated carbocycles. The molecule has 0 amide bonds. The first-order valence-corrected chi connectivity index (χ1v) is 13.5. The number of para-hydroxylation sites is 1. The number of fused-ring (bicyclic) bond motifs is 4. The van der Waals surface area contributed by atoms with Crippen LogP contribution in [0.15, 0.2) is 71.1 Å². The van der Waals surface area contributed by atoms with Crippen molar-refractivity contribution in [2.24, 2.45) is 0 Å². The van der Waals surface area contributed by atoms with Gasteiger partial charge in [0.15, 0.2) is 11.3 Å². The second kappa shape index (κ2) is 9.42. The summed E-state index contributed by atoms with van der Waals surface area (Å²) < 4.78 is 3.33. The van der Waals surface area contributed by atoms with Crippen LogP contribution in [0.3, 0.4) is 0 Å². The number of aliphatic hydroxyl groups excluding tert-OH is 1. The lowest BCUT2D eigenvalue weighted by Gasteiger charge is -2.40. The maximum atomic E-state index is 13.7. The first kappa shape index (κ1) is 23.7. The third kappa shape index (κ3) is 4.00. The molecule has 2 aromatic carbocycles. The van der Waals surface area contributed by atoms with Gasteiger partial charge in [-0.1, -0.05) is 12.1 Å². The number of aliphatic hydroxyl groups is 1. The minimum absolute atomic E-state index is 0.0648. The number of nitrogens with one attached hydrogen (secondary N) is 1. The first-order chi connectivity index (χ1) is 19.1. The van der Waals surface area contributed by atoms with E-state index in [1.54, 1.807) is 15.4 Å². The monoisotopic (exact) mass is 539 g/mol. The Bertz CT molecular complexity index is 1860. The molecule has 0 unspecified atom stereocenters. The van der Waals surface area contributed by atoms with Crippen molar-refractivity contribution in [1.29, 1.82) is 0 Å². The Morgan fingerprint density at radius 3 is 2.69 bits per heavy atom. The lowest BCUT2D eigenvalue weighted by atomic mass is 10.1. The first-order valence-electron chi connectivity index (χ1n) is 12.6. The lowest BCUT2D eigenvalue weighted by molar-refractivity contribution is 0.191. The third-order valence-corrected chi connectivity index (χ3v) is 7.88. The Hall–Kier alpha value is -4.39. The molecule has 11 nitrogen and oxygen atoms in total. The van der Waals surface area contributed by atoms with Crippen LogP contribution in [0.2, 0.25) is 0 Å². The average Bonchev–Trinajstić information content (AvgIpc) is 3.60. The molecule has 2 N–H and O–H groups in total. The summed E-state index contributed by atoms with van der Waals surface area (Å²) in [7, 11) is 2.07. The van der Waals surface area contributed by atoms with Crippen LogP contribution in [-0.4, -0.2) is 78.5 Å². The fraction of sp³-hybridized carbons (Fsp3) is 0.222. The molecule has 39 heavy (non-hydrogen) atoms. The topological polar surface area (TPSA) is 117 Å². The van der Waals surface area contributed by atoms with Crippen LogP contribution in [0.5, 0.6) is 0 Å². The van der Waals surface area contributed by atoms with E-state index in [0.717, 1.165) is 41.9 Å². The zero-order chi connectivity index (χ0) is 26.5. The van der Waals surface area contributed by atoms with Gasteiger partial charge in [-0.25, -0.2) is 19.6 Å². The van der Waals surface area contributed by atoms with Crippen molar-refractivity contribution < 1.29 is 5.11 Å². The summed E-state index contributed by atoms with van der Waals surface area (Å²) in [5.74, 6) is 0.350. The van der Waals surface area contributed by atoms with Crippen molar-refractivity contribution in [3.8, 4) is 5.13 Å². The van der Waals surface area contributed by atoms with Crippen molar-refractivity contribution >= 4 is 56.2 Å². The summed E-state index contributed by atoms with van der Waals surface area (Å²) in [5, 5.41) is 16.8. The normalized spacial score (nSPS) is 16.5. The predicted molar refractivity (Wildman–Crippen MR) is 153 cm³/mol. The molecule has 1 fully saturated rings. The minimum atomic E-state index is -0.261. The van der Waals surface area contributed by atoms with Gasteiger partial charge in [-0.15, -0.1) is 11.3 Å². The number of thiazole rings is 1. The molecule has 0 aliphatic carbocycles. The number of nitrogens with zero attached hydrogens (tertiary/aromatic N) is 8. The van der Waals surface area contributed by atoms with Gasteiger partial charge in [0.05, 0.1) is 18.2 Å². The summed E-state index contributed by atoms with van der Waals surface area (Å²) >= 11 is 1.45. The van der Waals surface area contributed by atoms with Crippen molar-refractivity contribution in [3.63, 3.8) is 0 Å². The number of likely N-dealkylation sites (N-methyl/N-ethyl adjacent to an activating group) is 1. The second-order valence-electron chi connectivity index (χ2n) is 9.59. The van der Waals surface area contributed by atoms with E-state index >= 15 is 0 Å². The number of hydrogen-bond acceptors (Lipinski definition) is 10. The van der Waals surface area contributed by atoms with Crippen LogP contribution in [0.4, 0.5) is 17.3 Å². The van der Waals surface area contributed by atoms with Crippen LogP contribution >= 0.6 is 11.3 Å². The quantitative estimate of drug-likeness (QED) is 0.341. The largest absolute Gasteiger partial charge is 0.394 e. The van der Waals surface area contributed by atoms with Gasteiger partial charge in [-0.2, -0.15) is 9.50 Å². The smallest absolute Gasteiger partial charge is 0.284 e. The molecular weight excluding hydrogens is 514 g/mol. The zero-order valence-electron chi connectivity index (χ0n) is 21.1. The molecule has 12 heteroatoms. The zero-order valence-corrected chi connectivity index (χ0v) is 21.9. The molecule has 4 aromatic heterocycles. The van der Waals surface area contributed by atoms with Crippen molar-refractivity contribution in [3.05, 3.63) is 76.7 Å². The SMILES string of the molecule is CN1CCN(c2ccc(Nc3ncc4c(=O)n5c(nc4n3)c3ccccc3n5-c3nccs3)cc2)[C@@H](CO)C1. The van der Waals surface area contributed by atoms with E-state index in [1.807, 2.05) is 53.9 Å². The van der Waals surface area contributed by atoms with Gasteiger partial charge in [-0.05, 0) is 43.4 Å². The molecular formula is C27H25N9O2S. The highest BCUT2D eigenvalue weighted by Gasteiger charge is 2.25. The van der Waals surface area contributed by atoms with Gasteiger partial charge in [0.2, 0.25) is 11.1 Å². The van der Waals surface area contributed by atoms with E-state index in [0.29, 0.717) is 27.8 Å². The van der Waals surface area contributed by atoms with Gasteiger partial charge < -0.3 is 20.2 Å². The number of aromatic nitrogens is 6. The Morgan fingerprint density at radius 1 is 1.05 bits per heavy atom. The van der Waals surface area contributed by atoms with Gasteiger partial charge >= 0.3 is 0 Å². The molecule has 196 valence electrons. The van der Waals surface area contributed by atoms with E-state index in [9.17, 15) is 9.90 Å². The summed E-state index contributed by atoms with van der Waals surface area (Å²) in [6.07, 6.45) is 3.23. The fourth-order valence-electron chi connectivity index (χ4n) is 5.22. The minimum Gasteiger partial charge on any atom is -0.394 e. The Balaban J connectivity index is 1.25. The second-order valence-corrected chi connectivity index (χ2v) is 10.5. The molecule has 0 bridgehead atoms. The number of hydrogen-bond donors (Lipinski definition) is 2. The molecule has 1 saturated heterocycles. The fourth-order valence-corrected chi connectivity index (χ4v) is 5.87. The van der Waals surface area contributed by atoms with Crippen LogP contribution in [0, 0.1) is 0 Å². The van der Waals surface area contributed by atoms with Gasteiger partial charge in [0, 0.05) is 54.2 Å². The molecule has 5 heterocycles. The van der Waals surface area contributed by atoms with E-state index < -0.39 is 0 Å². The Morgan fingerprint density at radius 2 is 1.90 bits per heavy atom.